The number of fused-ring (bicyclic) bond motifs is 1. The average molecular weight is 252 g/mol. The van der Waals surface area contributed by atoms with Crippen LogP contribution in [0.1, 0.15) is 17.3 Å². The van der Waals surface area contributed by atoms with Crippen LogP contribution in [0.25, 0.3) is 0 Å². The zero-order valence-electron chi connectivity index (χ0n) is 9.44. The van der Waals surface area contributed by atoms with Gasteiger partial charge in [-0.1, -0.05) is 0 Å². The van der Waals surface area contributed by atoms with Gasteiger partial charge in [-0.15, -0.1) is 11.8 Å². The second-order valence-corrected chi connectivity index (χ2v) is 4.98. The molecule has 1 atom stereocenters. The summed E-state index contributed by atoms with van der Waals surface area (Å²) in [6, 6.07) is 5.16. The molecule has 1 aliphatic heterocycles. The van der Waals surface area contributed by atoms with Gasteiger partial charge in [0, 0.05) is 10.5 Å². The van der Waals surface area contributed by atoms with Gasteiger partial charge >= 0.3 is 0 Å². The van der Waals surface area contributed by atoms with Gasteiger partial charge in [0.05, 0.1) is 18.0 Å². The summed E-state index contributed by atoms with van der Waals surface area (Å²) < 4.78 is 0. The fraction of sp³-hybridized carbons (Fsp3) is 0.273. The topological polar surface area (TPSA) is 67.4 Å². The Balaban J connectivity index is 2.28. The van der Waals surface area contributed by atoms with Crippen LogP contribution >= 0.6 is 11.8 Å². The monoisotopic (exact) mass is 252 g/mol. The first-order chi connectivity index (χ1) is 8.11. The largest absolute Gasteiger partial charge is 0.324 e. The molecule has 0 radical (unpaired) electrons. The number of benzene rings is 1. The van der Waals surface area contributed by atoms with E-state index in [-0.39, 0.29) is 17.1 Å². The Morgan fingerprint density at radius 2 is 2.29 bits per heavy atom. The first kappa shape index (κ1) is 11.9. The molecule has 1 unspecified atom stereocenters. The van der Waals surface area contributed by atoms with Gasteiger partial charge in [-0.2, -0.15) is 0 Å². The minimum absolute atomic E-state index is 0.0493. The van der Waals surface area contributed by atoms with Crippen molar-refractivity contribution < 1.29 is 14.4 Å². The first-order valence-corrected chi connectivity index (χ1v) is 5.94. The summed E-state index contributed by atoms with van der Waals surface area (Å²) in [6.45, 7) is 1.84. The zero-order chi connectivity index (χ0) is 12.4. The Morgan fingerprint density at radius 3 is 3.00 bits per heavy atom. The van der Waals surface area contributed by atoms with E-state index in [9.17, 15) is 9.59 Å². The van der Waals surface area contributed by atoms with Crippen LogP contribution in [0.3, 0.4) is 0 Å². The summed E-state index contributed by atoms with van der Waals surface area (Å²) in [7, 11) is 1.37. The summed E-state index contributed by atoms with van der Waals surface area (Å²) in [4.78, 5) is 28.5. The highest BCUT2D eigenvalue weighted by atomic mass is 32.2. The van der Waals surface area contributed by atoms with Crippen molar-refractivity contribution in [1.29, 1.82) is 0 Å². The molecule has 90 valence electrons. The summed E-state index contributed by atoms with van der Waals surface area (Å²) in [5, 5.41) is 2.66. The maximum Gasteiger partial charge on any atom is 0.274 e. The molecule has 0 spiro atoms. The molecule has 1 heterocycles. The van der Waals surface area contributed by atoms with Gasteiger partial charge in [0.2, 0.25) is 5.91 Å². The first-order valence-electron chi connectivity index (χ1n) is 5.06. The van der Waals surface area contributed by atoms with Crippen LogP contribution in [0.2, 0.25) is 0 Å². The summed E-state index contributed by atoms with van der Waals surface area (Å²) in [5.74, 6) is -0.389. The molecule has 1 aromatic carbocycles. The van der Waals surface area contributed by atoms with E-state index in [0.717, 1.165) is 4.90 Å². The molecule has 2 amide bonds. The minimum Gasteiger partial charge on any atom is -0.324 e. The maximum atomic E-state index is 11.5. The molecule has 0 bridgehead atoms. The highest BCUT2D eigenvalue weighted by Gasteiger charge is 2.23. The van der Waals surface area contributed by atoms with E-state index in [4.69, 9.17) is 0 Å². The molecule has 0 fully saturated rings. The van der Waals surface area contributed by atoms with Crippen molar-refractivity contribution in [2.75, 3.05) is 12.4 Å². The number of hydrogen-bond acceptors (Lipinski definition) is 4. The number of hydrogen-bond donors (Lipinski definition) is 2. The second kappa shape index (κ2) is 4.77. The number of amides is 2. The lowest BCUT2D eigenvalue weighted by atomic mass is 10.2. The molecular formula is C11H12N2O3S. The van der Waals surface area contributed by atoms with Gasteiger partial charge < -0.3 is 5.32 Å². The van der Waals surface area contributed by atoms with E-state index in [1.807, 2.05) is 13.0 Å². The lowest BCUT2D eigenvalue weighted by Crippen LogP contribution is -2.27. The van der Waals surface area contributed by atoms with Crippen LogP contribution in [0.4, 0.5) is 5.69 Å². The van der Waals surface area contributed by atoms with Gasteiger partial charge in [-0.3, -0.25) is 14.4 Å². The molecule has 17 heavy (non-hydrogen) atoms. The third kappa shape index (κ3) is 2.42. The fourth-order valence-electron chi connectivity index (χ4n) is 1.50. The Morgan fingerprint density at radius 1 is 1.53 bits per heavy atom. The molecule has 0 aliphatic carbocycles. The number of anilines is 1. The molecule has 0 saturated heterocycles. The van der Waals surface area contributed by atoms with E-state index in [0.29, 0.717) is 11.3 Å². The van der Waals surface area contributed by atoms with E-state index in [2.05, 4.69) is 15.6 Å². The second-order valence-electron chi connectivity index (χ2n) is 3.60. The molecular weight excluding hydrogens is 240 g/mol. The molecule has 1 aromatic rings. The van der Waals surface area contributed by atoms with Crippen LogP contribution in [-0.4, -0.2) is 24.2 Å². The van der Waals surface area contributed by atoms with Crippen LogP contribution in [0.15, 0.2) is 23.1 Å². The maximum absolute atomic E-state index is 11.5. The third-order valence-corrected chi connectivity index (χ3v) is 3.54. The van der Waals surface area contributed by atoms with Gasteiger partial charge in [0.1, 0.15) is 0 Å². The van der Waals surface area contributed by atoms with Crippen molar-refractivity contribution in [3.63, 3.8) is 0 Å². The van der Waals surface area contributed by atoms with Gasteiger partial charge in [-0.05, 0) is 25.1 Å². The lowest BCUT2D eigenvalue weighted by Gasteiger charge is -2.21. The summed E-state index contributed by atoms with van der Waals surface area (Å²) in [6.07, 6.45) is 0. The van der Waals surface area contributed by atoms with E-state index >= 15 is 0 Å². The van der Waals surface area contributed by atoms with Crippen molar-refractivity contribution in [3.05, 3.63) is 23.8 Å². The lowest BCUT2D eigenvalue weighted by molar-refractivity contribution is -0.115. The molecule has 2 N–H and O–H groups in total. The number of carbonyl (C=O) groups excluding carboxylic acids is 2. The molecule has 0 saturated carbocycles. The van der Waals surface area contributed by atoms with E-state index < -0.39 is 0 Å². The molecule has 0 aromatic heterocycles. The molecule has 2 rings (SSSR count). The van der Waals surface area contributed by atoms with Crippen LogP contribution in [0, 0.1) is 0 Å². The van der Waals surface area contributed by atoms with Crippen LogP contribution in [0.5, 0.6) is 0 Å². The molecule has 5 nitrogen and oxygen atoms in total. The number of rotatable bonds is 2. The molecule has 6 heteroatoms. The Hall–Kier alpha value is -1.53. The average Bonchev–Trinajstić information content (AvgIpc) is 2.30. The quantitative estimate of drug-likeness (QED) is 0.781. The Labute approximate surface area is 103 Å². The molecule has 1 aliphatic rings. The summed E-state index contributed by atoms with van der Waals surface area (Å²) in [5.41, 5.74) is 3.34. The zero-order valence-corrected chi connectivity index (χ0v) is 10.3. The minimum atomic E-state index is -0.340. The van der Waals surface area contributed by atoms with Crippen molar-refractivity contribution >= 4 is 29.3 Å². The highest BCUT2D eigenvalue weighted by Crippen LogP contribution is 2.35. The van der Waals surface area contributed by atoms with E-state index in [1.165, 1.54) is 18.9 Å². The Kier molecular flexibility index (Phi) is 3.35. The van der Waals surface area contributed by atoms with Crippen LogP contribution < -0.4 is 10.8 Å². The number of hydroxylamine groups is 1. The van der Waals surface area contributed by atoms with Crippen molar-refractivity contribution in [2.24, 2.45) is 0 Å². The SMILES string of the molecule is CONC(=O)c1ccc2c(c1)NC(=O)C(C)S2. The van der Waals surface area contributed by atoms with Crippen molar-refractivity contribution in [3.8, 4) is 0 Å². The number of nitrogens with one attached hydrogen (secondary N) is 2. The third-order valence-electron chi connectivity index (χ3n) is 2.37. The number of thioether (sulfide) groups is 1. The smallest absolute Gasteiger partial charge is 0.274 e. The Bertz CT molecular complexity index is 476. The van der Waals surface area contributed by atoms with Gasteiger partial charge in [0.25, 0.3) is 5.91 Å². The fourth-order valence-corrected chi connectivity index (χ4v) is 2.43. The highest BCUT2D eigenvalue weighted by molar-refractivity contribution is 8.00. The normalized spacial score (nSPS) is 18.2. The van der Waals surface area contributed by atoms with Crippen molar-refractivity contribution in [1.82, 2.24) is 5.48 Å². The van der Waals surface area contributed by atoms with E-state index in [1.54, 1.807) is 12.1 Å². The number of carbonyl (C=O) groups is 2. The van der Waals surface area contributed by atoms with Gasteiger partial charge in [-0.25, -0.2) is 5.48 Å². The predicted molar refractivity (Wildman–Crippen MR) is 64.9 cm³/mol. The van der Waals surface area contributed by atoms with Crippen molar-refractivity contribution in [2.45, 2.75) is 17.1 Å². The predicted octanol–water partition coefficient (Wildman–Crippen LogP) is 1.41. The van der Waals surface area contributed by atoms with Crippen LogP contribution in [-0.2, 0) is 9.63 Å². The summed E-state index contributed by atoms with van der Waals surface area (Å²) >= 11 is 1.48. The van der Waals surface area contributed by atoms with Gasteiger partial charge in [0.15, 0.2) is 0 Å². The standard InChI is InChI=1S/C11H12N2O3S/c1-6-10(14)12-8-5-7(11(15)13-16-2)3-4-9(8)17-6/h3-6H,1-2H3,(H,12,14)(H,13,15).